The Morgan fingerprint density at radius 2 is 2.06 bits per heavy atom. The lowest BCUT2D eigenvalue weighted by Gasteiger charge is -2.40. The van der Waals surface area contributed by atoms with Gasteiger partial charge in [-0.3, -0.25) is 4.79 Å². The lowest BCUT2D eigenvalue weighted by Crippen LogP contribution is -2.44. The van der Waals surface area contributed by atoms with Crippen LogP contribution in [0.3, 0.4) is 0 Å². The maximum absolute atomic E-state index is 12.0. The molecule has 1 N–H and O–H groups in total. The third kappa shape index (κ3) is 3.21. The van der Waals surface area contributed by atoms with Gasteiger partial charge in [-0.05, 0) is 37.0 Å². The molecule has 0 bridgehead atoms. The van der Waals surface area contributed by atoms with Crippen LogP contribution in [-0.4, -0.2) is 25.7 Å². The van der Waals surface area contributed by atoms with Crippen molar-refractivity contribution in [1.82, 2.24) is 5.32 Å². The molecule has 98 valence electrons. The highest BCUT2D eigenvalue weighted by atomic mass is 16.5. The first-order chi connectivity index (χ1) is 8.09. The van der Waals surface area contributed by atoms with Gasteiger partial charge in [0.1, 0.15) is 0 Å². The van der Waals surface area contributed by atoms with Gasteiger partial charge in [0, 0.05) is 13.2 Å². The van der Waals surface area contributed by atoms with Crippen molar-refractivity contribution >= 4 is 5.91 Å². The summed E-state index contributed by atoms with van der Waals surface area (Å²) >= 11 is 0. The minimum Gasteiger partial charge on any atom is -0.381 e. The zero-order chi connectivity index (χ0) is 12.3. The van der Waals surface area contributed by atoms with Gasteiger partial charge in [-0.1, -0.05) is 20.3 Å². The maximum Gasteiger partial charge on any atom is 0.225 e. The second-order valence-electron chi connectivity index (χ2n) is 6.25. The Balaban J connectivity index is 1.74. The summed E-state index contributed by atoms with van der Waals surface area (Å²) in [5.74, 6) is 1.07. The molecule has 3 heteroatoms. The van der Waals surface area contributed by atoms with Crippen LogP contribution in [-0.2, 0) is 9.53 Å². The van der Waals surface area contributed by atoms with E-state index in [0.29, 0.717) is 6.61 Å². The molecule has 1 aliphatic carbocycles. The van der Waals surface area contributed by atoms with Crippen molar-refractivity contribution in [3.8, 4) is 0 Å². The first kappa shape index (κ1) is 12.9. The molecule has 1 saturated heterocycles. The number of ether oxygens (including phenoxy) is 1. The van der Waals surface area contributed by atoms with Gasteiger partial charge < -0.3 is 10.1 Å². The van der Waals surface area contributed by atoms with E-state index in [1.807, 2.05) is 0 Å². The average molecular weight is 239 g/mol. The lowest BCUT2D eigenvalue weighted by atomic mass is 9.67. The molecule has 0 spiro atoms. The van der Waals surface area contributed by atoms with Crippen LogP contribution in [0.5, 0.6) is 0 Å². The number of hydrogen-bond donors (Lipinski definition) is 1. The van der Waals surface area contributed by atoms with E-state index in [2.05, 4.69) is 19.2 Å². The SMILES string of the molecule is CC(C)(CNC(=O)C1CCCOC1)C1CCC1. The van der Waals surface area contributed by atoms with Gasteiger partial charge in [-0.2, -0.15) is 0 Å². The second kappa shape index (κ2) is 5.38. The summed E-state index contributed by atoms with van der Waals surface area (Å²) in [5, 5.41) is 3.12. The van der Waals surface area contributed by atoms with Crippen LogP contribution in [0, 0.1) is 17.3 Å². The highest BCUT2D eigenvalue weighted by Crippen LogP contribution is 2.41. The van der Waals surface area contributed by atoms with Crippen molar-refractivity contribution in [2.24, 2.45) is 17.3 Å². The fourth-order valence-corrected chi connectivity index (χ4v) is 2.74. The Morgan fingerprint density at radius 3 is 2.59 bits per heavy atom. The number of carbonyl (C=O) groups excluding carboxylic acids is 1. The summed E-state index contributed by atoms with van der Waals surface area (Å²) < 4.78 is 5.35. The Bertz CT molecular complexity index is 265. The van der Waals surface area contributed by atoms with E-state index in [1.54, 1.807) is 0 Å². The third-order valence-electron chi connectivity index (χ3n) is 4.46. The van der Waals surface area contributed by atoms with Crippen LogP contribution in [0.25, 0.3) is 0 Å². The van der Waals surface area contributed by atoms with Gasteiger partial charge in [0.25, 0.3) is 0 Å². The molecule has 17 heavy (non-hydrogen) atoms. The molecule has 0 aromatic rings. The lowest BCUT2D eigenvalue weighted by molar-refractivity contribution is -0.129. The molecule has 1 aliphatic heterocycles. The Kier molecular flexibility index (Phi) is 4.08. The standard InChI is InChI=1S/C14H25NO2/c1-14(2,12-6-3-7-12)10-15-13(16)11-5-4-8-17-9-11/h11-12H,3-10H2,1-2H3,(H,15,16). The van der Waals surface area contributed by atoms with Crippen molar-refractivity contribution in [1.29, 1.82) is 0 Å². The number of nitrogens with one attached hydrogen (secondary N) is 1. The van der Waals surface area contributed by atoms with E-state index in [4.69, 9.17) is 4.74 Å². The summed E-state index contributed by atoms with van der Waals surface area (Å²) in [6, 6.07) is 0. The summed E-state index contributed by atoms with van der Waals surface area (Å²) in [6.07, 6.45) is 6.02. The maximum atomic E-state index is 12.0. The van der Waals surface area contributed by atoms with Gasteiger partial charge in [0.15, 0.2) is 0 Å². The molecule has 0 radical (unpaired) electrons. The molecule has 2 fully saturated rings. The van der Waals surface area contributed by atoms with Crippen LogP contribution in [0.4, 0.5) is 0 Å². The van der Waals surface area contributed by atoms with Gasteiger partial charge in [0.2, 0.25) is 5.91 Å². The van der Waals surface area contributed by atoms with E-state index in [-0.39, 0.29) is 17.2 Å². The van der Waals surface area contributed by atoms with Crippen LogP contribution >= 0.6 is 0 Å². The first-order valence-electron chi connectivity index (χ1n) is 6.95. The molecule has 0 aromatic carbocycles. The van der Waals surface area contributed by atoms with Crippen LogP contribution in [0.2, 0.25) is 0 Å². The fourth-order valence-electron chi connectivity index (χ4n) is 2.74. The van der Waals surface area contributed by atoms with E-state index >= 15 is 0 Å². The van der Waals surface area contributed by atoms with Crippen molar-refractivity contribution in [3.05, 3.63) is 0 Å². The zero-order valence-electron chi connectivity index (χ0n) is 11.1. The number of carbonyl (C=O) groups is 1. The molecule has 2 rings (SSSR count). The Hall–Kier alpha value is -0.570. The summed E-state index contributed by atoms with van der Waals surface area (Å²) in [4.78, 5) is 12.0. The monoisotopic (exact) mass is 239 g/mol. The van der Waals surface area contributed by atoms with Crippen LogP contribution in [0.1, 0.15) is 46.0 Å². The number of hydrogen-bond acceptors (Lipinski definition) is 2. The molecule has 1 amide bonds. The largest absolute Gasteiger partial charge is 0.381 e. The van der Waals surface area contributed by atoms with Gasteiger partial charge in [-0.15, -0.1) is 0 Å². The molecular formula is C14H25NO2. The predicted molar refractivity (Wildman–Crippen MR) is 67.7 cm³/mol. The first-order valence-corrected chi connectivity index (χ1v) is 6.95. The van der Waals surface area contributed by atoms with Gasteiger partial charge in [-0.25, -0.2) is 0 Å². The molecule has 1 unspecified atom stereocenters. The smallest absolute Gasteiger partial charge is 0.225 e. The topological polar surface area (TPSA) is 38.3 Å². The van der Waals surface area contributed by atoms with E-state index in [9.17, 15) is 4.79 Å². The highest BCUT2D eigenvalue weighted by Gasteiger charge is 2.34. The minimum absolute atomic E-state index is 0.0842. The average Bonchev–Trinajstić information content (AvgIpc) is 2.24. The fraction of sp³-hybridized carbons (Fsp3) is 0.929. The van der Waals surface area contributed by atoms with Gasteiger partial charge in [0.05, 0.1) is 12.5 Å². The molecule has 1 heterocycles. The van der Waals surface area contributed by atoms with Crippen molar-refractivity contribution in [3.63, 3.8) is 0 Å². The minimum atomic E-state index is 0.0842. The second-order valence-corrected chi connectivity index (χ2v) is 6.25. The summed E-state index contributed by atoms with van der Waals surface area (Å²) in [7, 11) is 0. The molecule has 3 nitrogen and oxygen atoms in total. The van der Waals surface area contributed by atoms with E-state index in [1.165, 1.54) is 19.3 Å². The highest BCUT2D eigenvalue weighted by molar-refractivity contribution is 5.78. The third-order valence-corrected chi connectivity index (χ3v) is 4.46. The molecule has 1 saturated carbocycles. The van der Waals surface area contributed by atoms with Crippen molar-refractivity contribution in [2.75, 3.05) is 19.8 Å². The summed E-state index contributed by atoms with van der Waals surface area (Å²) in [6.45, 7) is 6.78. The predicted octanol–water partition coefficient (Wildman–Crippen LogP) is 2.36. The number of amides is 1. The molecule has 1 atom stereocenters. The zero-order valence-corrected chi connectivity index (χ0v) is 11.1. The molecule has 2 aliphatic rings. The Morgan fingerprint density at radius 1 is 1.29 bits per heavy atom. The molecular weight excluding hydrogens is 214 g/mol. The Labute approximate surface area is 104 Å². The van der Waals surface area contributed by atoms with Crippen molar-refractivity contribution in [2.45, 2.75) is 46.0 Å². The molecule has 0 aromatic heterocycles. The van der Waals surface area contributed by atoms with Crippen LogP contribution in [0.15, 0.2) is 0 Å². The quantitative estimate of drug-likeness (QED) is 0.818. The normalized spacial score (nSPS) is 26.4. The van der Waals surface area contributed by atoms with Crippen LogP contribution < -0.4 is 5.32 Å². The number of rotatable bonds is 4. The van der Waals surface area contributed by atoms with E-state index in [0.717, 1.165) is 31.9 Å². The van der Waals surface area contributed by atoms with Gasteiger partial charge >= 0.3 is 0 Å². The summed E-state index contributed by atoms with van der Waals surface area (Å²) in [5.41, 5.74) is 0.253. The van der Waals surface area contributed by atoms with Crippen molar-refractivity contribution < 1.29 is 9.53 Å². The van der Waals surface area contributed by atoms with E-state index < -0.39 is 0 Å².